The highest BCUT2D eigenvalue weighted by Crippen LogP contribution is 2.41. The van der Waals surface area contributed by atoms with Crippen LogP contribution in [0.3, 0.4) is 0 Å². The van der Waals surface area contributed by atoms with Crippen molar-refractivity contribution in [2.24, 2.45) is 0 Å². The van der Waals surface area contributed by atoms with Gasteiger partial charge in [0.15, 0.2) is 0 Å². The molecule has 0 saturated heterocycles. The molecule has 0 amide bonds. The monoisotopic (exact) mass is 380 g/mol. The van der Waals surface area contributed by atoms with Crippen LogP contribution >= 0.6 is 23.2 Å². The average Bonchev–Trinajstić information content (AvgIpc) is 2.69. The summed E-state index contributed by atoms with van der Waals surface area (Å²) in [7, 11) is 1.71. The summed E-state index contributed by atoms with van der Waals surface area (Å²) in [4.78, 5) is 0. The standard InChI is InChI=1S/C23H18Cl2O/c1-26-22-14-16(13-15-7-2-3-9-18(15)22)17-8-4-5-10-19(17)20-11-6-12-21(24)23(20)25/h2-5,7-10,12-14H,6,11H2,1H3. The first-order chi connectivity index (χ1) is 12.7. The zero-order valence-corrected chi connectivity index (χ0v) is 15.9. The van der Waals surface area contributed by atoms with Gasteiger partial charge in [-0.25, -0.2) is 0 Å². The molecule has 0 unspecified atom stereocenters. The Morgan fingerprint density at radius 2 is 1.62 bits per heavy atom. The molecule has 3 aromatic carbocycles. The van der Waals surface area contributed by atoms with Gasteiger partial charge in [0.1, 0.15) is 5.75 Å². The number of methoxy groups -OCH3 is 1. The Kier molecular flexibility index (Phi) is 4.76. The molecule has 0 saturated carbocycles. The maximum absolute atomic E-state index is 6.54. The molecule has 0 atom stereocenters. The predicted octanol–water partition coefficient (Wildman–Crippen LogP) is 7.38. The molecule has 0 radical (unpaired) electrons. The molecular weight excluding hydrogens is 363 g/mol. The van der Waals surface area contributed by atoms with Crippen LogP contribution in [-0.2, 0) is 0 Å². The van der Waals surface area contributed by atoms with Gasteiger partial charge >= 0.3 is 0 Å². The zero-order chi connectivity index (χ0) is 18.1. The van der Waals surface area contributed by atoms with E-state index in [2.05, 4.69) is 42.5 Å². The van der Waals surface area contributed by atoms with E-state index in [1.165, 1.54) is 0 Å². The lowest BCUT2D eigenvalue weighted by atomic mass is 9.89. The molecule has 0 fully saturated rings. The predicted molar refractivity (Wildman–Crippen MR) is 112 cm³/mol. The van der Waals surface area contributed by atoms with Crippen LogP contribution in [0.15, 0.2) is 76.8 Å². The molecule has 1 aliphatic carbocycles. The van der Waals surface area contributed by atoms with Gasteiger partial charge < -0.3 is 4.74 Å². The minimum Gasteiger partial charge on any atom is -0.496 e. The van der Waals surface area contributed by atoms with Crippen LogP contribution < -0.4 is 4.74 Å². The van der Waals surface area contributed by atoms with Gasteiger partial charge in [-0.2, -0.15) is 0 Å². The highest BCUT2D eigenvalue weighted by Gasteiger charge is 2.18. The Labute approximate surface area is 163 Å². The fourth-order valence-corrected chi connectivity index (χ4v) is 4.03. The molecule has 0 aliphatic heterocycles. The van der Waals surface area contributed by atoms with Gasteiger partial charge in [0.05, 0.1) is 17.2 Å². The van der Waals surface area contributed by atoms with Crippen molar-refractivity contribution in [2.75, 3.05) is 7.11 Å². The highest BCUT2D eigenvalue weighted by atomic mass is 35.5. The lowest BCUT2D eigenvalue weighted by Crippen LogP contribution is -1.97. The van der Waals surface area contributed by atoms with Crippen molar-refractivity contribution in [3.63, 3.8) is 0 Å². The Balaban J connectivity index is 1.94. The van der Waals surface area contributed by atoms with E-state index in [-0.39, 0.29) is 0 Å². The van der Waals surface area contributed by atoms with Crippen molar-refractivity contribution >= 4 is 39.5 Å². The van der Waals surface area contributed by atoms with Crippen LogP contribution in [0.25, 0.3) is 27.5 Å². The first-order valence-electron chi connectivity index (χ1n) is 8.60. The summed E-state index contributed by atoms with van der Waals surface area (Å²) in [5.41, 5.74) is 4.47. The summed E-state index contributed by atoms with van der Waals surface area (Å²) in [6.07, 6.45) is 3.77. The molecule has 1 aliphatic rings. The van der Waals surface area contributed by atoms with Crippen molar-refractivity contribution < 1.29 is 4.74 Å². The zero-order valence-electron chi connectivity index (χ0n) is 14.4. The Bertz CT molecular complexity index is 1050. The third kappa shape index (κ3) is 3.02. The maximum atomic E-state index is 6.54. The van der Waals surface area contributed by atoms with E-state index < -0.39 is 0 Å². The van der Waals surface area contributed by atoms with Gasteiger partial charge in [0, 0.05) is 5.39 Å². The van der Waals surface area contributed by atoms with Crippen LogP contribution in [0, 0.1) is 0 Å². The van der Waals surface area contributed by atoms with E-state index in [0.717, 1.165) is 51.6 Å². The summed E-state index contributed by atoms with van der Waals surface area (Å²) in [6, 6.07) is 20.9. The number of ether oxygens (including phenoxy) is 1. The van der Waals surface area contributed by atoms with Gasteiger partial charge in [-0.3, -0.25) is 0 Å². The van der Waals surface area contributed by atoms with E-state index in [0.29, 0.717) is 10.1 Å². The van der Waals surface area contributed by atoms with Crippen LogP contribution in [0.1, 0.15) is 18.4 Å². The molecule has 0 aromatic heterocycles. The smallest absolute Gasteiger partial charge is 0.127 e. The largest absolute Gasteiger partial charge is 0.496 e. The Hall–Kier alpha value is -2.22. The van der Waals surface area contributed by atoms with Crippen LogP contribution in [0.5, 0.6) is 5.75 Å². The second-order valence-electron chi connectivity index (χ2n) is 6.33. The molecule has 1 nitrogen and oxygen atoms in total. The van der Waals surface area contributed by atoms with Crippen LogP contribution in [0.2, 0.25) is 0 Å². The molecular formula is C23H18Cl2O. The van der Waals surface area contributed by atoms with E-state index in [1.807, 2.05) is 24.3 Å². The first-order valence-corrected chi connectivity index (χ1v) is 9.36. The van der Waals surface area contributed by atoms with E-state index >= 15 is 0 Å². The minimum absolute atomic E-state index is 0.638. The Morgan fingerprint density at radius 3 is 2.42 bits per heavy atom. The van der Waals surface area contributed by atoms with Crippen LogP contribution in [-0.4, -0.2) is 7.11 Å². The van der Waals surface area contributed by atoms with Crippen LogP contribution in [0.4, 0.5) is 0 Å². The molecule has 0 bridgehead atoms. The second kappa shape index (κ2) is 7.19. The summed E-state index contributed by atoms with van der Waals surface area (Å²) in [5.74, 6) is 0.870. The molecule has 3 aromatic rings. The molecule has 26 heavy (non-hydrogen) atoms. The number of hydrogen-bond donors (Lipinski definition) is 0. The number of halogens is 2. The summed E-state index contributed by atoms with van der Waals surface area (Å²) >= 11 is 12.8. The molecule has 0 heterocycles. The first kappa shape index (κ1) is 17.2. The number of allylic oxidation sites excluding steroid dienone is 4. The molecule has 4 rings (SSSR count). The van der Waals surface area contributed by atoms with Crippen molar-refractivity contribution in [2.45, 2.75) is 12.8 Å². The van der Waals surface area contributed by atoms with Crippen molar-refractivity contribution in [3.8, 4) is 16.9 Å². The fraction of sp³-hybridized carbons (Fsp3) is 0.130. The number of benzene rings is 3. The van der Waals surface area contributed by atoms with Gasteiger partial charge in [-0.1, -0.05) is 77.8 Å². The van der Waals surface area contributed by atoms with Gasteiger partial charge in [-0.05, 0) is 52.6 Å². The average molecular weight is 381 g/mol. The Morgan fingerprint density at radius 1 is 0.885 bits per heavy atom. The quantitative estimate of drug-likeness (QED) is 0.460. The van der Waals surface area contributed by atoms with Crippen molar-refractivity contribution in [3.05, 3.63) is 82.4 Å². The fourth-order valence-electron chi connectivity index (χ4n) is 3.54. The van der Waals surface area contributed by atoms with Crippen molar-refractivity contribution in [1.29, 1.82) is 0 Å². The molecule has 3 heteroatoms. The number of hydrogen-bond acceptors (Lipinski definition) is 1. The lowest BCUT2D eigenvalue weighted by Gasteiger charge is -2.19. The van der Waals surface area contributed by atoms with Gasteiger partial charge in [-0.15, -0.1) is 0 Å². The van der Waals surface area contributed by atoms with E-state index in [9.17, 15) is 0 Å². The summed E-state index contributed by atoms with van der Waals surface area (Å²) < 4.78 is 5.64. The van der Waals surface area contributed by atoms with Crippen molar-refractivity contribution in [1.82, 2.24) is 0 Å². The minimum atomic E-state index is 0.638. The van der Waals surface area contributed by atoms with E-state index in [1.54, 1.807) is 7.11 Å². The number of rotatable bonds is 3. The van der Waals surface area contributed by atoms with Gasteiger partial charge in [0.25, 0.3) is 0 Å². The normalized spacial score (nSPS) is 14.5. The summed E-state index contributed by atoms with van der Waals surface area (Å²) in [6.45, 7) is 0. The summed E-state index contributed by atoms with van der Waals surface area (Å²) in [5, 5.41) is 3.55. The third-order valence-corrected chi connectivity index (χ3v) is 5.67. The SMILES string of the molecule is COc1cc(-c2ccccc2C2=C(Cl)C(Cl)=CCC2)cc2ccccc12. The number of fused-ring (bicyclic) bond motifs is 1. The molecule has 130 valence electrons. The van der Waals surface area contributed by atoms with Gasteiger partial charge in [0.2, 0.25) is 0 Å². The maximum Gasteiger partial charge on any atom is 0.127 e. The molecule has 0 N–H and O–H groups in total. The highest BCUT2D eigenvalue weighted by molar-refractivity contribution is 6.46. The second-order valence-corrected chi connectivity index (χ2v) is 7.11. The van der Waals surface area contributed by atoms with E-state index in [4.69, 9.17) is 27.9 Å². The molecule has 0 spiro atoms. The third-order valence-electron chi connectivity index (χ3n) is 4.80. The lowest BCUT2D eigenvalue weighted by molar-refractivity contribution is 0.420. The topological polar surface area (TPSA) is 9.23 Å².